The highest BCUT2D eigenvalue weighted by Crippen LogP contribution is 2.23. The third-order valence-electron chi connectivity index (χ3n) is 4.78. The van der Waals surface area contributed by atoms with Crippen LogP contribution in [0.1, 0.15) is 10.4 Å². The zero-order valence-corrected chi connectivity index (χ0v) is 14.5. The third-order valence-corrected chi connectivity index (χ3v) is 4.78. The fraction of sp³-hybridized carbons (Fsp3) is 0.333. The predicted molar refractivity (Wildman–Crippen MR) is 98.9 cm³/mol. The van der Waals surface area contributed by atoms with E-state index in [0.29, 0.717) is 5.56 Å². The monoisotopic (exact) mass is 351 g/mol. The SMILES string of the molecule is NC(=O)c1cc(N2CCN(CCn3cncn3)CC2)nc2ccccc12. The van der Waals surface area contributed by atoms with Gasteiger partial charge < -0.3 is 10.6 Å². The van der Waals surface area contributed by atoms with Gasteiger partial charge in [-0.1, -0.05) is 18.2 Å². The van der Waals surface area contributed by atoms with Gasteiger partial charge in [0.2, 0.25) is 5.91 Å². The van der Waals surface area contributed by atoms with Crippen LogP contribution in [-0.4, -0.2) is 63.3 Å². The van der Waals surface area contributed by atoms with Crippen LogP contribution in [0.25, 0.3) is 10.9 Å². The van der Waals surface area contributed by atoms with Crippen molar-refractivity contribution >= 4 is 22.6 Å². The van der Waals surface area contributed by atoms with Crippen LogP contribution in [0.5, 0.6) is 0 Å². The standard InChI is InChI=1S/C18H21N7O/c19-18(26)15-11-17(22-16-4-2-1-3-14(15)16)24-8-5-23(6-9-24)7-10-25-13-20-12-21-25/h1-4,11-13H,5-10H2,(H2,19,26). The van der Waals surface area contributed by atoms with E-state index in [1.165, 1.54) is 0 Å². The van der Waals surface area contributed by atoms with Crippen LogP contribution in [0.3, 0.4) is 0 Å². The second kappa shape index (κ2) is 7.09. The molecule has 3 heterocycles. The van der Waals surface area contributed by atoms with Gasteiger partial charge in [-0.25, -0.2) is 9.97 Å². The highest BCUT2D eigenvalue weighted by molar-refractivity contribution is 6.06. The lowest BCUT2D eigenvalue weighted by Crippen LogP contribution is -2.47. The van der Waals surface area contributed by atoms with Gasteiger partial charge in [-0.2, -0.15) is 5.10 Å². The number of nitrogens with two attached hydrogens (primary N) is 1. The molecular weight excluding hydrogens is 330 g/mol. The van der Waals surface area contributed by atoms with Crippen LogP contribution >= 0.6 is 0 Å². The van der Waals surface area contributed by atoms with Gasteiger partial charge >= 0.3 is 0 Å². The molecular formula is C18H21N7O. The topological polar surface area (TPSA) is 93.2 Å². The van der Waals surface area contributed by atoms with Gasteiger partial charge in [-0.05, 0) is 12.1 Å². The van der Waals surface area contributed by atoms with Crippen LogP contribution in [0.15, 0.2) is 43.0 Å². The Morgan fingerprint density at radius 3 is 2.65 bits per heavy atom. The number of rotatable bonds is 5. The van der Waals surface area contributed by atoms with Gasteiger partial charge in [0.15, 0.2) is 0 Å². The lowest BCUT2D eigenvalue weighted by Gasteiger charge is -2.35. The van der Waals surface area contributed by atoms with E-state index in [0.717, 1.165) is 56.0 Å². The van der Waals surface area contributed by atoms with Crippen LogP contribution in [0, 0.1) is 0 Å². The van der Waals surface area contributed by atoms with Crippen molar-refractivity contribution in [2.75, 3.05) is 37.6 Å². The molecule has 1 saturated heterocycles. The summed E-state index contributed by atoms with van der Waals surface area (Å²) in [6.07, 6.45) is 3.29. The average molecular weight is 351 g/mol. The van der Waals surface area contributed by atoms with Gasteiger partial charge in [0.1, 0.15) is 18.5 Å². The summed E-state index contributed by atoms with van der Waals surface area (Å²) in [7, 11) is 0. The summed E-state index contributed by atoms with van der Waals surface area (Å²) in [5, 5.41) is 4.93. The highest BCUT2D eigenvalue weighted by Gasteiger charge is 2.20. The molecule has 1 aromatic carbocycles. The number of carbonyl (C=O) groups is 1. The fourth-order valence-corrected chi connectivity index (χ4v) is 3.32. The molecule has 0 atom stereocenters. The Balaban J connectivity index is 1.46. The Morgan fingerprint density at radius 1 is 1.12 bits per heavy atom. The first-order chi connectivity index (χ1) is 12.7. The summed E-state index contributed by atoms with van der Waals surface area (Å²) in [6.45, 7) is 5.38. The van der Waals surface area contributed by atoms with E-state index in [9.17, 15) is 4.79 Å². The largest absolute Gasteiger partial charge is 0.366 e. The van der Waals surface area contributed by atoms with Gasteiger partial charge in [-0.3, -0.25) is 14.4 Å². The number of piperazine rings is 1. The van der Waals surface area contributed by atoms with E-state index in [4.69, 9.17) is 10.7 Å². The number of nitrogens with zero attached hydrogens (tertiary/aromatic N) is 6. The molecule has 0 spiro atoms. The first-order valence-electron chi connectivity index (χ1n) is 8.70. The normalized spacial score (nSPS) is 15.5. The summed E-state index contributed by atoms with van der Waals surface area (Å²) in [4.78, 5) is 25.2. The Bertz CT molecular complexity index is 901. The number of hydrogen-bond donors (Lipinski definition) is 1. The van der Waals surface area contributed by atoms with Gasteiger partial charge in [0.25, 0.3) is 0 Å². The third kappa shape index (κ3) is 3.36. The quantitative estimate of drug-likeness (QED) is 0.729. The molecule has 134 valence electrons. The molecule has 0 saturated carbocycles. The van der Waals surface area contributed by atoms with Crippen LogP contribution in [0.2, 0.25) is 0 Å². The minimum atomic E-state index is -0.420. The molecule has 0 radical (unpaired) electrons. The predicted octanol–water partition coefficient (Wildman–Crippen LogP) is 0.747. The van der Waals surface area contributed by atoms with E-state index in [-0.39, 0.29) is 0 Å². The van der Waals surface area contributed by atoms with Crippen LogP contribution in [0.4, 0.5) is 5.82 Å². The van der Waals surface area contributed by atoms with Crippen LogP contribution in [-0.2, 0) is 6.54 Å². The molecule has 8 heteroatoms. The highest BCUT2D eigenvalue weighted by atomic mass is 16.1. The number of aromatic nitrogens is 4. The number of benzene rings is 1. The van der Waals surface area contributed by atoms with Gasteiger partial charge in [-0.15, -0.1) is 0 Å². The maximum absolute atomic E-state index is 11.9. The molecule has 26 heavy (non-hydrogen) atoms. The van der Waals surface area contributed by atoms with Gasteiger partial charge in [0.05, 0.1) is 17.6 Å². The molecule has 1 aliphatic rings. The van der Waals surface area contributed by atoms with E-state index >= 15 is 0 Å². The number of fused-ring (bicyclic) bond motifs is 1. The molecule has 4 rings (SSSR count). The number of pyridine rings is 1. The maximum Gasteiger partial charge on any atom is 0.249 e. The van der Waals surface area contributed by atoms with E-state index in [1.54, 1.807) is 12.7 Å². The van der Waals surface area contributed by atoms with Crippen molar-refractivity contribution in [2.24, 2.45) is 5.73 Å². The molecule has 3 aromatic rings. The first-order valence-corrected chi connectivity index (χ1v) is 8.70. The Hall–Kier alpha value is -3.00. The molecule has 2 aromatic heterocycles. The van der Waals surface area contributed by atoms with Crippen LogP contribution < -0.4 is 10.6 Å². The lowest BCUT2D eigenvalue weighted by atomic mass is 10.1. The van der Waals surface area contributed by atoms with Crippen molar-refractivity contribution in [1.82, 2.24) is 24.6 Å². The average Bonchev–Trinajstić information content (AvgIpc) is 3.19. The molecule has 8 nitrogen and oxygen atoms in total. The Morgan fingerprint density at radius 2 is 1.92 bits per heavy atom. The van der Waals surface area contributed by atoms with E-state index in [2.05, 4.69) is 19.9 Å². The molecule has 1 aliphatic heterocycles. The van der Waals surface area contributed by atoms with Gasteiger partial charge in [0, 0.05) is 38.1 Å². The summed E-state index contributed by atoms with van der Waals surface area (Å²) in [6, 6.07) is 9.43. The zero-order valence-electron chi connectivity index (χ0n) is 14.5. The first kappa shape index (κ1) is 16.5. The Labute approximate surface area is 151 Å². The summed E-state index contributed by atoms with van der Waals surface area (Å²) in [5.41, 5.74) is 6.91. The summed E-state index contributed by atoms with van der Waals surface area (Å²) >= 11 is 0. The number of primary amides is 1. The number of anilines is 1. The summed E-state index contributed by atoms with van der Waals surface area (Å²) < 4.78 is 1.84. The second-order valence-electron chi connectivity index (χ2n) is 6.40. The Kier molecular flexibility index (Phi) is 4.49. The summed E-state index contributed by atoms with van der Waals surface area (Å²) in [5.74, 6) is 0.393. The number of para-hydroxylation sites is 1. The minimum absolute atomic E-state index is 0.420. The molecule has 0 unspecified atom stereocenters. The van der Waals surface area contributed by atoms with Crippen molar-refractivity contribution in [2.45, 2.75) is 6.54 Å². The number of carbonyl (C=O) groups excluding carboxylic acids is 1. The van der Waals surface area contributed by atoms with Crippen molar-refractivity contribution in [3.05, 3.63) is 48.5 Å². The molecule has 1 fully saturated rings. The van der Waals surface area contributed by atoms with Crippen molar-refractivity contribution < 1.29 is 4.79 Å². The smallest absolute Gasteiger partial charge is 0.249 e. The molecule has 0 bridgehead atoms. The number of hydrogen-bond acceptors (Lipinski definition) is 6. The van der Waals surface area contributed by atoms with Crippen molar-refractivity contribution in [3.8, 4) is 0 Å². The second-order valence-corrected chi connectivity index (χ2v) is 6.40. The lowest BCUT2D eigenvalue weighted by molar-refractivity contribution is 0.100. The molecule has 1 amide bonds. The molecule has 2 N–H and O–H groups in total. The zero-order chi connectivity index (χ0) is 17.9. The van der Waals surface area contributed by atoms with E-state index in [1.807, 2.05) is 35.0 Å². The van der Waals surface area contributed by atoms with E-state index < -0.39 is 5.91 Å². The maximum atomic E-state index is 11.9. The van der Waals surface area contributed by atoms with Crippen molar-refractivity contribution in [1.29, 1.82) is 0 Å². The molecule has 0 aliphatic carbocycles. The minimum Gasteiger partial charge on any atom is -0.366 e. The van der Waals surface area contributed by atoms with Crippen molar-refractivity contribution in [3.63, 3.8) is 0 Å². The number of amides is 1. The fourth-order valence-electron chi connectivity index (χ4n) is 3.32.